The summed E-state index contributed by atoms with van der Waals surface area (Å²) >= 11 is 0. The van der Waals surface area contributed by atoms with Crippen molar-refractivity contribution < 1.29 is 19.8 Å². The summed E-state index contributed by atoms with van der Waals surface area (Å²) in [5, 5.41) is 27.6. The average molecular weight is 434 g/mol. The summed E-state index contributed by atoms with van der Waals surface area (Å²) in [6.07, 6.45) is 4.95. The van der Waals surface area contributed by atoms with Gasteiger partial charge in [0.25, 0.3) is 11.8 Å². The van der Waals surface area contributed by atoms with E-state index < -0.39 is 31.1 Å². The van der Waals surface area contributed by atoms with Crippen LogP contribution in [0, 0.1) is 0 Å². The highest BCUT2D eigenvalue weighted by Crippen LogP contribution is 2.21. The fourth-order valence-electron chi connectivity index (χ4n) is 3.28. The van der Waals surface area contributed by atoms with E-state index in [4.69, 9.17) is 0 Å². The third-order valence-corrected chi connectivity index (χ3v) is 4.96. The second kappa shape index (κ2) is 9.00. The molecule has 0 aliphatic carbocycles. The van der Waals surface area contributed by atoms with Crippen LogP contribution >= 0.6 is 0 Å². The summed E-state index contributed by atoms with van der Waals surface area (Å²) < 4.78 is 3.14. The number of carbonyl (C=O) groups excluding carboxylic acids is 2. The van der Waals surface area contributed by atoms with Gasteiger partial charge in [-0.3, -0.25) is 14.3 Å². The van der Waals surface area contributed by atoms with Gasteiger partial charge in [0.2, 0.25) is 0 Å². The summed E-state index contributed by atoms with van der Waals surface area (Å²) in [6, 6.07) is 12.4. The van der Waals surface area contributed by atoms with Crippen molar-refractivity contribution in [2.24, 2.45) is 7.05 Å². The van der Waals surface area contributed by atoms with E-state index in [0.717, 1.165) is 11.3 Å². The first-order valence-electron chi connectivity index (χ1n) is 9.90. The Morgan fingerprint density at radius 1 is 1.09 bits per heavy atom. The minimum atomic E-state index is -0.833. The highest BCUT2D eigenvalue weighted by molar-refractivity contribution is 6.11. The quantitative estimate of drug-likeness (QED) is 0.344. The van der Waals surface area contributed by atoms with Gasteiger partial charge in [-0.15, -0.1) is 0 Å². The van der Waals surface area contributed by atoms with Gasteiger partial charge in [0.1, 0.15) is 11.3 Å². The standard InChI is InChI=1S/C22H22N6O4/c1-27-20(17(10-23-27)21(31)25-16(12-29)13-30)22(32)24-15-7-8-28-11-18(26-19(28)9-15)14-5-3-2-4-6-14/h2-11,16,29-30H,12-13H2,1H3,(H,24,32)(H,25,31). The lowest BCUT2D eigenvalue weighted by Gasteiger charge is -2.13. The molecule has 0 spiro atoms. The summed E-state index contributed by atoms with van der Waals surface area (Å²) in [4.78, 5) is 30.0. The van der Waals surface area contributed by atoms with E-state index in [9.17, 15) is 19.8 Å². The molecule has 0 unspecified atom stereocenters. The Bertz CT molecular complexity index is 1260. The third kappa shape index (κ3) is 4.22. The fraction of sp³-hybridized carbons (Fsp3) is 0.182. The second-order valence-electron chi connectivity index (χ2n) is 7.19. The third-order valence-electron chi connectivity index (χ3n) is 4.96. The SMILES string of the molecule is Cn1ncc(C(=O)NC(CO)CO)c1C(=O)Nc1ccn2cc(-c3ccccc3)nc2c1. The van der Waals surface area contributed by atoms with Crippen molar-refractivity contribution in [1.29, 1.82) is 0 Å². The lowest BCUT2D eigenvalue weighted by atomic mass is 10.2. The maximum atomic E-state index is 12.9. The Morgan fingerprint density at radius 3 is 2.56 bits per heavy atom. The number of pyridine rings is 1. The van der Waals surface area contributed by atoms with Crippen molar-refractivity contribution in [3.63, 3.8) is 0 Å². The van der Waals surface area contributed by atoms with Crippen LogP contribution in [-0.2, 0) is 7.05 Å². The number of hydrogen-bond donors (Lipinski definition) is 4. The fourth-order valence-corrected chi connectivity index (χ4v) is 3.28. The highest BCUT2D eigenvalue weighted by atomic mass is 16.3. The van der Waals surface area contributed by atoms with E-state index in [1.54, 1.807) is 25.4 Å². The topological polar surface area (TPSA) is 134 Å². The van der Waals surface area contributed by atoms with Crippen molar-refractivity contribution in [2.75, 3.05) is 18.5 Å². The van der Waals surface area contributed by atoms with Gasteiger partial charge in [-0.25, -0.2) is 4.98 Å². The van der Waals surface area contributed by atoms with Crippen LogP contribution in [0.3, 0.4) is 0 Å². The molecular weight excluding hydrogens is 412 g/mol. The molecule has 0 saturated carbocycles. The number of amides is 2. The molecule has 32 heavy (non-hydrogen) atoms. The van der Waals surface area contributed by atoms with Gasteiger partial charge in [0.05, 0.1) is 36.7 Å². The van der Waals surface area contributed by atoms with E-state index in [2.05, 4.69) is 20.7 Å². The maximum absolute atomic E-state index is 12.9. The Labute approximate surface area is 183 Å². The van der Waals surface area contributed by atoms with Crippen LogP contribution in [0.2, 0.25) is 0 Å². The van der Waals surface area contributed by atoms with Gasteiger partial charge in [0, 0.05) is 36.8 Å². The number of anilines is 1. The first-order chi connectivity index (χ1) is 15.5. The normalized spacial score (nSPS) is 11.1. The summed E-state index contributed by atoms with van der Waals surface area (Å²) in [7, 11) is 1.55. The number of imidazole rings is 1. The molecule has 4 N–H and O–H groups in total. The van der Waals surface area contributed by atoms with Crippen LogP contribution in [0.4, 0.5) is 5.69 Å². The number of nitrogens with zero attached hydrogens (tertiary/aromatic N) is 4. The minimum absolute atomic E-state index is 0.0325. The number of aliphatic hydroxyl groups is 2. The van der Waals surface area contributed by atoms with Gasteiger partial charge in [-0.05, 0) is 6.07 Å². The van der Waals surface area contributed by atoms with E-state index in [1.165, 1.54) is 10.9 Å². The molecule has 4 rings (SSSR count). The first kappa shape index (κ1) is 21.2. The van der Waals surface area contributed by atoms with Crippen LogP contribution in [-0.4, -0.2) is 60.4 Å². The monoisotopic (exact) mass is 434 g/mol. The van der Waals surface area contributed by atoms with Gasteiger partial charge >= 0.3 is 0 Å². The number of aromatic nitrogens is 4. The van der Waals surface area contributed by atoms with Crippen molar-refractivity contribution in [3.05, 3.63) is 72.3 Å². The predicted molar refractivity (Wildman–Crippen MR) is 117 cm³/mol. The number of rotatable bonds is 7. The summed E-state index contributed by atoms with van der Waals surface area (Å²) in [5.74, 6) is -1.15. The van der Waals surface area contributed by atoms with Gasteiger partial charge in [-0.2, -0.15) is 5.10 Å². The number of aliphatic hydroxyl groups excluding tert-OH is 2. The molecule has 4 aromatic rings. The molecule has 3 heterocycles. The summed E-state index contributed by atoms with van der Waals surface area (Å²) in [5.41, 5.74) is 3.02. The molecule has 0 bridgehead atoms. The van der Waals surface area contributed by atoms with E-state index >= 15 is 0 Å². The molecule has 164 valence electrons. The molecular formula is C22H22N6O4. The van der Waals surface area contributed by atoms with Crippen molar-refractivity contribution in [3.8, 4) is 11.3 Å². The van der Waals surface area contributed by atoms with Crippen LogP contribution in [0.1, 0.15) is 20.8 Å². The first-order valence-corrected chi connectivity index (χ1v) is 9.90. The van der Waals surface area contributed by atoms with Crippen LogP contribution in [0.25, 0.3) is 16.9 Å². The van der Waals surface area contributed by atoms with Crippen molar-refractivity contribution in [2.45, 2.75) is 6.04 Å². The lowest BCUT2D eigenvalue weighted by molar-refractivity contribution is 0.0872. The molecule has 3 aromatic heterocycles. The smallest absolute Gasteiger partial charge is 0.274 e. The van der Waals surface area contributed by atoms with Gasteiger partial charge < -0.3 is 25.2 Å². The molecule has 0 fully saturated rings. The Hall–Kier alpha value is -4.02. The number of fused-ring (bicyclic) bond motifs is 1. The van der Waals surface area contributed by atoms with E-state index in [1.807, 2.05) is 40.9 Å². The van der Waals surface area contributed by atoms with Crippen LogP contribution in [0.5, 0.6) is 0 Å². The van der Waals surface area contributed by atoms with Gasteiger partial charge in [0.15, 0.2) is 0 Å². The number of hydrogen-bond acceptors (Lipinski definition) is 6. The number of benzene rings is 1. The molecule has 10 heteroatoms. The van der Waals surface area contributed by atoms with Crippen molar-refractivity contribution in [1.82, 2.24) is 24.5 Å². The minimum Gasteiger partial charge on any atom is -0.394 e. The molecule has 1 aromatic carbocycles. The van der Waals surface area contributed by atoms with Gasteiger partial charge in [-0.1, -0.05) is 30.3 Å². The molecule has 0 aliphatic heterocycles. The second-order valence-corrected chi connectivity index (χ2v) is 7.19. The zero-order chi connectivity index (χ0) is 22.7. The largest absolute Gasteiger partial charge is 0.394 e. The highest BCUT2D eigenvalue weighted by Gasteiger charge is 2.24. The molecule has 0 radical (unpaired) electrons. The zero-order valence-corrected chi connectivity index (χ0v) is 17.3. The van der Waals surface area contributed by atoms with E-state index in [-0.39, 0.29) is 11.3 Å². The zero-order valence-electron chi connectivity index (χ0n) is 17.3. The molecule has 0 saturated heterocycles. The Balaban J connectivity index is 1.56. The molecule has 2 amide bonds. The predicted octanol–water partition coefficient (Wildman–Crippen LogP) is 1.07. The van der Waals surface area contributed by atoms with Crippen molar-refractivity contribution >= 4 is 23.1 Å². The van der Waals surface area contributed by atoms with Crippen LogP contribution in [0.15, 0.2) is 61.1 Å². The summed E-state index contributed by atoms with van der Waals surface area (Å²) in [6.45, 7) is -0.862. The maximum Gasteiger partial charge on any atom is 0.274 e. The lowest BCUT2D eigenvalue weighted by Crippen LogP contribution is -2.40. The Morgan fingerprint density at radius 2 is 1.84 bits per heavy atom. The Kier molecular flexibility index (Phi) is 5.97. The molecule has 0 atom stereocenters. The number of aryl methyl sites for hydroxylation is 1. The van der Waals surface area contributed by atoms with E-state index in [0.29, 0.717) is 11.3 Å². The van der Waals surface area contributed by atoms with Crippen LogP contribution < -0.4 is 10.6 Å². The molecule has 10 nitrogen and oxygen atoms in total. The number of nitrogens with one attached hydrogen (secondary N) is 2. The molecule has 0 aliphatic rings. The number of carbonyl (C=O) groups is 2. The average Bonchev–Trinajstić information content (AvgIpc) is 3.41.